The highest BCUT2D eigenvalue weighted by atomic mass is 16.5. The minimum atomic E-state index is -0.606. The molecule has 3 aromatic heterocycles. The number of fused-ring (bicyclic) bond motifs is 1. The number of carbonyl (C=O) groups is 1. The van der Waals surface area contributed by atoms with E-state index in [4.69, 9.17) is 30.4 Å². The summed E-state index contributed by atoms with van der Waals surface area (Å²) in [5, 5.41) is 8.31. The molecule has 0 aliphatic rings. The SMILES string of the molecule is CCCCOc1nc(N)c2c(n1)n(Cc1cn(CCOCCOCCOCCN)nn1)c(=O)n2C(=O)N(C)CCC. The molecule has 0 saturated heterocycles. The number of ether oxygens (including phenoxy) is 4. The summed E-state index contributed by atoms with van der Waals surface area (Å²) in [6, 6.07) is -0.486. The molecular weight excluding hydrogens is 536 g/mol. The molecule has 0 unspecified atom stereocenters. The highest BCUT2D eigenvalue weighted by molar-refractivity contribution is 5.93. The van der Waals surface area contributed by atoms with Crippen molar-refractivity contribution in [1.82, 2.24) is 39.0 Å². The van der Waals surface area contributed by atoms with Crippen LogP contribution in [-0.4, -0.2) is 111 Å². The van der Waals surface area contributed by atoms with Crippen LogP contribution in [0.25, 0.3) is 11.2 Å². The van der Waals surface area contributed by atoms with Crippen LogP contribution in [0.5, 0.6) is 6.01 Å². The molecule has 0 radical (unpaired) electrons. The molecule has 3 aromatic rings. The quantitative estimate of drug-likeness (QED) is 0.185. The zero-order chi connectivity index (χ0) is 29.6. The molecule has 16 heteroatoms. The third-order valence-corrected chi connectivity index (χ3v) is 5.96. The lowest BCUT2D eigenvalue weighted by Crippen LogP contribution is -2.38. The van der Waals surface area contributed by atoms with Gasteiger partial charge in [0.05, 0.1) is 65.5 Å². The van der Waals surface area contributed by atoms with Crippen LogP contribution >= 0.6 is 0 Å². The molecule has 16 nitrogen and oxygen atoms in total. The Kier molecular flexibility index (Phi) is 12.9. The van der Waals surface area contributed by atoms with Gasteiger partial charge in [-0.2, -0.15) is 9.97 Å². The van der Waals surface area contributed by atoms with Crippen LogP contribution in [-0.2, 0) is 27.3 Å². The summed E-state index contributed by atoms with van der Waals surface area (Å²) >= 11 is 0. The number of nitrogens with two attached hydrogens (primary N) is 2. The van der Waals surface area contributed by atoms with E-state index in [9.17, 15) is 9.59 Å². The molecule has 0 aliphatic heterocycles. The normalized spacial score (nSPS) is 11.4. The minimum absolute atomic E-state index is 0.0128. The molecule has 0 spiro atoms. The molecule has 0 bridgehead atoms. The van der Waals surface area contributed by atoms with Crippen molar-refractivity contribution in [3.8, 4) is 6.01 Å². The van der Waals surface area contributed by atoms with Crippen LogP contribution in [0.2, 0.25) is 0 Å². The van der Waals surface area contributed by atoms with Crippen molar-refractivity contribution < 1.29 is 23.7 Å². The number of imidazole rings is 1. The largest absolute Gasteiger partial charge is 0.463 e. The molecule has 4 N–H and O–H groups in total. The topological polar surface area (TPSA) is 193 Å². The summed E-state index contributed by atoms with van der Waals surface area (Å²) in [6.07, 6.45) is 4.16. The molecule has 3 rings (SSSR count). The number of unbranched alkanes of at least 4 members (excludes halogenated alkanes) is 1. The van der Waals surface area contributed by atoms with Crippen LogP contribution < -0.4 is 21.9 Å². The Morgan fingerprint density at radius 2 is 1.71 bits per heavy atom. The lowest BCUT2D eigenvalue weighted by atomic mass is 10.4. The molecule has 0 fully saturated rings. The molecular formula is C25H42N10O6. The van der Waals surface area contributed by atoms with E-state index in [1.807, 2.05) is 13.8 Å². The molecule has 0 saturated carbocycles. The van der Waals surface area contributed by atoms with Gasteiger partial charge in [-0.1, -0.05) is 25.5 Å². The zero-order valence-corrected chi connectivity index (χ0v) is 24.2. The summed E-state index contributed by atoms with van der Waals surface area (Å²) in [4.78, 5) is 36.9. The number of anilines is 1. The number of nitrogens with zero attached hydrogens (tertiary/aromatic N) is 8. The first-order valence-corrected chi connectivity index (χ1v) is 13.9. The van der Waals surface area contributed by atoms with E-state index in [1.165, 1.54) is 9.47 Å². The molecule has 3 heterocycles. The van der Waals surface area contributed by atoms with E-state index in [0.717, 1.165) is 23.8 Å². The third kappa shape index (κ3) is 8.94. The summed E-state index contributed by atoms with van der Waals surface area (Å²) < 4.78 is 25.9. The second-order valence-electron chi connectivity index (χ2n) is 9.27. The predicted octanol–water partition coefficient (Wildman–Crippen LogP) is 0.312. The van der Waals surface area contributed by atoms with Gasteiger partial charge in [0.1, 0.15) is 11.2 Å². The number of nitrogen functional groups attached to an aromatic ring is 1. The number of carbonyl (C=O) groups excluding carboxylic acids is 1. The van der Waals surface area contributed by atoms with E-state index in [0.29, 0.717) is 71.6 Å². The maximum atomic E-state index is 13.6. The first-order chi connectivity index (χ1) is 19.9. The average molecular weight is 579 g/mol. The highest BCUT2D eigenvalue weighted by Crippen LogP contribution is 2.21. The Morgan fingerprint density at radius 3 is 2.39 bits per heavy atom. The van der Waals surface area contributed by atoms with E-state index in [1.54, 1.807) is 17.9 Å². The van der Waals surface area contributed by atoms with E-state index in [-0.39, 0.29) is 29.5 Å². The van der Waals surface area contributed by atoms with Crippen LogP contribution in [0.1, 0.15) is 38.8 Å². The van der Waals surface area contributed by atoms with Gasteiger partial charge in [-0.3, -0.25) is 4.57 Å². The first kappa shape index (κ1) is 31.9. The Hall–Kier alpha value is -3.60. The molecule has 0 aliphatic carbocycles. The highest BCUT2D eigenvalue weighted by Gasteiger charge is 2.26. The zero-order valence-electron chi connectivity index (χ0n) is 24.2. The molecule has 41 heavy (non-hydrogen) atoms. The van der Waals surface area contributed by atoms with Crippen molar-refractivity contribution in [2.75, 3.05) is 72.1 Å². The van der Waals surface area contributed by atoms with Crippen LogP contribution in [0.15, 0.2) is 11.0 Å². The van der Waals surface area contributed by atoms with Crippen molar-refractivity contribution >= 4 is 23.0 Å². The summed E-state index contributed by atoms with van der Waals surface area (Å²) in [5.41, 5.74) is 11.8. The second kappa shape index (κ2) is 16.6. The van der Waals surface area contributed by atoms with E-state index >= 15 is 0 Å². The minimum Gasteiger partial charge on any atom is -0.463 e. The van der Waals surface area contributed by atoms with Gasteiger partial charge in [0.25, 0.3) is 0 Å². The lowest BCUT2D eigenvalue weighted by molar-refractivity contribution is 0.0141. The van der Waals surface area contributed by atoms with Crippen LogP contribution in [0, 0.1) is 0 Å². The Morgan fingerprint density at radius 1 is 1.00 bits per heavy atom. The van der Waals surface area contributed by atoms with Gasteiger partial charge in [0.15, 0.2) is 11.5 Å². The van der Waals surface area contributed by atoms with Gasteiger partial charge in [-0.25, -0.2) is 18.8 Å². The fraction of sp³-hybridized carbons (Fsp3) is 0.680. The van der Waals surface area contributed by atoms with Crippen molar-refractivity contribution in [2.24, 2.45) is 5.73 Å². The Bertz CT molecular complexity index is 1290. The number of amides is 1. The standard InChI is InChI=1S/C25H42N10O6/c1-4-6-10-41-23-28-21(27)20-22(29-23)34(25(37)35(20)24(36)32(3)8-5-2)18-19-17-33(31-30-19)9-12-39-14-16-40-15-13-38-11-7-26/h17H,4-16,18,26H2,1-3H3,(H2,27,28,29). The molecule has 1 amide bonds. The third-order valence-electron chi connectivity index (χ3n) is 5.96. The second-order valence-corrected chi connectivity index (χ2v) is 9.27. The van der Waals surface area contributed by atoms with Crippen molar-refractivity contribution in [2.45, 2.75) is 46.2 Å². The summed E-state index contributed by atoms with van der Waals surface area (Å²) in [7, 11) is 1.62. The van der Waals surface area contributed by atoms with Gasteiger partial charge in [-0.05, 0) is 12.8 Å². The summed E-state index contributed by atoms with van der Waals surface area (Å²) in [5.74, 6) is -0.0246. The fourth-order valence-electron chi connectivity index (χ4n) is 3.91. The predicted molar refractivity (Wildman–Crippen MR) is 151 cm³/mol. The Labute approximate surface area is 238 Å². The number of rotatable bonds is 19. The number of aromatic nitrogens is 7. The molecule has 0 atom stereocenters. The first-order valence-electron chi connectivity index (χ1n) is 13.9. The van der Waals surface area contributed by atoms with Gasteiger partial charge >= 0.3 is 17.7 Å². The van der Waals surface area contributed by atoms with Crippen LogP contribution in [0.3, 0.4) is 0 Å². The smallest absolute Gasteiger partial charge is 0.339 e. The fourth-order valence-corrected chi connectivity index (χ4v) is 3.91. The van der Waals surface area contributed by atoms with Crippen molar-refractivity contribution in [3.05, 3.63) is 22.4 Å². The number of hydrogen-bond donors (Lipinski definition) is 2. The lowest BCUT2D eigenvalue weighted by Gasteiger charge is -2.16. The molecule has 0 aromatic carbocycles. The van der Waals surface area contributed by atoms with Crippen molar-refractivity contribution in [3.63, 3.8) is 0 Å². The van der Waals surface area contributed by atoms with Gasteiger partial charge in [0, 0.05) is 20.1 Å². The monoisotopic (exact) mass is 578 g/mol. The van der Waals surface area contributed by atoms with Crippen molar-refractivity contribution in [1.29, 1.82) is 0 Å². The van der Waals surface area contributed by atoms with Gasteiger partial charge in [-0.15, -0.1) is 5.10 Å². The van der Waals surface area contributed by atoms with E-state index in [2.05, 4.69) is 20.3 Å². The maximum absolute atomic E-state index is 13.6. The maximum Gasteiger partial charge on any atom is 0.339 e. The van der Waals surface area contributed by atoms with Gasteiger partial charge < -0.3 is 35.3 Å². The average Bonchev–Trinajstić information content (AvgIpc) is 3.52. The van der Waals surface area contributed by atoms with Crippen LogP contribution in [0.4, 0.5) is 10.6 Å². The number of hydrogen-bond acceptors (Lipinski definition) is 12. The Balaban J connectivity index is 1.71. The summed E-state index contributed by atoms with van der Waals surface area (Å²) in [6.45, 7) is 8.56. The molecule has 228 valence electrons. The van der Waals surface area contributed by atoms with E-state index < -0.39 is 11.7 Å². The van der Waals surface area contributed by atoms with Gasteiger partial charge in [0.2, 0.25) is 0 Å².